The summed E-state index contributed by atoms with van der Waals surface area (Å²) in [5, 5.41) is 12.3. The van der Waals surface area contributed by atoms with E-state index in [4.69, 9.17) is 22.1 Å². The van der Waals surface area contributed by atoms with Gasteiger partial charge in [0.15, 0.2) is 6.10 Å². The number of ether oxygens (including phenoxy) is 1. The molecule has 0 aliphatic carbocycles. The molecule has 19 heavy (non-hydrogen) atoms. The van der Waals surface area contributed by atoms with Gasteiger partial charge in [-0.1, -0.05) is 11.6 Å². The number of hydrogen-bond donors (Lipinski definition) is 2. The summed E-state index contributed by atoms with van der Waals surface area (Å²) < 4.78 is 5.17. The van der Waals surface area contributed by atoms with E-state index < -0.39 is 23.0 Å². The van der Waals surface area contributed by atoms with Crippen LogP contribution in [-0.4, -0.2) is 23.0 Å². The number of rotatable bonds is 4. The number of amides is 3. The van der Waals surface area contributed by atoms with Crippen LogP contribution in [0.4, 0.5) is 10.5 Å². The molecule has 0 aliphatic heterocycles. The van der Waals surface area contributed by atoms with E-state index in [0.29, 0.717) is 0 Å². The van der Waals surface area contributed by atoms with Crippen molar-refractivity contribution in [1.82, 2.24) is 5.32 Å². The molecule has 102 valence electrons. The average molecular weight is 288 g/mol. The van der Waals surface area contributed by atoms with Crippen LogP contribution in [0, 0.1) is 10.1 Å². The monoisotopic (exact) mass is 287 g/mol. The molecule has 0 spiro atoms. The van der Waals surface area contributed by atoms with Gasteiger partial charge >= 0.3 is 6.03 Å². The third-order valence-corrected chi connectivity index (χ3v) is 2.34. The van der Waals surface area contributed by atoms with Crippen LogP contribution >= 0.6 is 11.6 Å². The normalized spacial score (nSPS) is 11.5. The number of primary amides is 1. The van der Waals surface area contributed by atoms with Gasteiger partial charge in [0.05, 0.1) is 9.95 Å². The van der Waals surface area contributed by atoms with Crippen molar-refractivity contribution in [2.75, 3.05) is 0 Å². The van der Waals surface area contributed by atoms with Gasteiger partial charge in [0, 0.05) is 12.1 Å². The number of nitrogens with zero attached hydrogens (tertiary/aromatic N) is 1. The Morgan fingerprint density at radius 1 is 1.53 bits per heavy atom. The maximum Gasteiger partial charge on any atom is 0.318 e. The second-order valence-corrected chi connectivity index (χ2v) is 3.89. The summed E-state index contributed by atoms with van der Waals surface area (Å²) in [6, 6.07) is 2.53. The second kappa shape index (κ2) is 6.01. The van der Waals surface area contributed by atoms with E-state index in [9.17, 15) is 19.7 Å². The first-order valence-electron chi connectivity index (χ1n) is 5.02. The van der Waals surface area contributed by atoms with Crippen LogP contribution in [0.1, 0.15) is 6.92 Å². The van der Waals surface area contributed by atoms with Crippen molar-refractivity contribution in [3.63, 3.8) is 0 Å². The van der Waals surface area contributed by atoms with E-state index in [1.807, 2.05) is 5.32 Å². The number of benzene rings is 1. The molecule has 1 unspecified atom stereocenters. The summed E-state index contributed by atoms with van der Waals surface area (Å²) in [7, 11) is 0. The largest absolute Gasteiger partial charge is 0.479 e. The van der Waals surface area contributed by atoms with Crippen molar-refractivity contribution < 1.29 is 19.2 Å². The topological polar surface area (TPSA) is 125 Å². The molecule has 0 radical (unpaired) electrons. The Morgan fingerprint density at radius 2 is 2.16 bits per heavy atom. The van der Waals surface area contributed by atoms with E-state index in [2.05, 4.69) is 0 Å². The highest BCUT2D eigenvalue weighted by atomic mass is 35.5. The Morgan fingerprint density at radius 3 is 2.63 bits per heavy atom. The van der Waals surface area contributed by atoms with Crippen LogP contribution in [0.5, 0.6) is 5.75 Å². The van der Waals surface area contributed by atoms with Gasteiger partial charge in [-0.3, -0.25) is 20.2 Å². The number of imide groups is 1. The number of non-ortho nitro benzene ring substituents is 1. The number of nitro benzene ring substituents is 1. The zero-order valence-corrected chi connectivity index (χ0v) is 10.5. The molecule has 1 rings (SSSR count). The molecule has 0 saturated carbocycles. The summed E-state index contributed by atoms with van der Waals surface area (Å²) in [5.41, 5.74) is 4.58. The van der Waals surface area contributed by atoms with E-state index in [1.54, 1.807) is 0 Å². The molecular weight excluding hydrogens is 278 g/mol. The van der Waals surface area contributed by atoms with Crippen molar-refractivity contribution in [3.05, 3.63) is 33.3 Å². The molecule has 9 heteroatoms. The molecule has 3 amide bonds. The standard InChI is InChI=1S/C10H10ClN3O5/c1-5(9(15)13-10(12)16)19-8-3-2-6(14(17)18)4-7(8)11/h2-5H,1H3,(H3,12,13,15,16). The summed E-state index contributed by atoms with van der Waals surface area (Å²) in [5.74, 6) is -0.665. The van der Waals surface area contributed by atoms with Crippen molar-refractivity contribution in [3.8, 4) is 5.75 Å². The van der Waals surface area contributed by atoms with Crippen molar-refractivity contribution >= 4 is 29.2 Å². The van der Waals surface area contributed by atoms with Gasteiger partial charge in [-0.2, -0.15) is 0 Å². The van der Waals surface area contributed by atoms with E-state index >= 15 is 0 Å². The van der Waals surface area contributed by atoms with E-state index in [-0.39, 0.29) is 16.5 Å². The number of nitrogens with one attached hydrogen (secondary N) is 1. The average Bonchev–Trinajstić information content (AvgIpc) is 2.30. The van der Waals surface area contributed by atoms with Crippen LogP contribution < -0.4 is 15.8 Å². The van der Waals surface area contributed by atoms with Gasteiger partial charge in [0.25, 0.3) is 11.6 Å². The van der Waals surface area contributed by atoms with Crippen LogP contribution in [0.3, 0.4) is 0 Å². The van der Waals surface area contributed by atoms with Gasteiger partial charge in [-0.05, 0) is 13.0 Å². The maximum absolute atomic E-state index is 11.4. The lowest BCUT2D eigenvalue weighted by atomic mass is 10.3. The number of halogens is 1. The summed E-state index contributed by atoms with van der Waals surface area (Å²) in [4.78, 5) is 31.7. The molecule has 1 aromatic carbocycles. The third kappa shape index (κ3) is 4.11. The second-order valence-electron chi connectivity index (χ2n) is 3.49. The Hall–Kier alpha value is -2.35. The van der Waals surface area contributed by atoms with Crippen molar-refractivity contribution in [2.45, 2.75) is 13.0 Å². The van der Waals surface area contributed by atoms with Crippen molar-refractivity contribution in [1.29, 1.82) is 0 Å². The van der Waals surface area contributed by atoms with Crippen LogP contribution in [0.2, 0.25) is 5.02 Å². The Balaban J connectivity index is 2.80. The highest BCUT2D eigenvalue weighted by molar-refractivity contribution is 6.32. The fourth-order valence-corrected chi connectivity index (χ4v) is 1.39. The molecule has 0 bridgehead atoms. The number of nitro groups is 1. The molecule has 0 fully saturated rings. The van der Waals surface area contributed by atoms with Gasteiger partial charge in [0.2, 0.25) is 0 Å². The lowest BCUT2D eigenvalue weighted by Crippen LogP contribution is -2.42. The minimum Gasteiger partial charge on any atom is -0.479 e. The molecule has 1 atom stereocenters. The number of urea groups is 1. The summed E-state index contributed by atoms with van der Waals surface area (Å²) in [6.45, 7) is 1.37. The predicted octanol–water partition coefficient (Wildman–Crippen LogP) is 1.21. The third-order valence-electron chi connectivity index (χ3n) is 2.05. The summed E-state index contributed by atoms with van der Waals surface area (Å²) >= 11 is 5.78. The minimum absolute atomic E-state index is 0.0204. The molecular formula is C10H10ClN3O5. The number of hydrogen-bond acceptors (Lipinski definition) is 5. The Bertz CT molecular complexity index is 534. The van der Waals surface area contributed by atoms with Crippen LogP contribution in [0.15, 0.2) is 18.2 Å². The fraction of sp³-hybridized carbons (Fsp3) is 0.200. The first-order valence-corrected chi connectivity index (χ1v) is 5.40. The van der Waals surface area contributed by atoms with Gasteiger partial charge in [-0.15, -0.1) is 0 Å². The lowest BCUT2D eigenvalue weighted by Gasteiger charge is -2.14. The fourth-order valence-electron chi connectivity index (χ4n) is 1.17. The zero-order valence-electron chi connectivity index (χ0n) is 9.75. The number of carbonyl (C=O) groups excluding carboxylic acids is 2. The first-order chi connectivity index (χ1) is 8.81. The number of nitrogens with two attached hydrogens (primary N) is 1. The van der Waals surface area contributed by atoms with Gasteiger partial charge in [0.1, 0.15) is 5.75 Å². The minimum atomic E-state index is -1.04. The van der Waals surface area contributed by atoms with Crippen molar-refractivity contribution in [2.24, 2.45) is 5.73 Å². The van der Waals surface area contributed by atoms with Crippen LogP contribution in [-0.2, 0) is 4.79 Å². The highest BCUT2D eigenvalue weighted by Crippen LogP contribution is 2.29. The quantitative estimate of drug-likeness (QED) is 0.636. The van der Waals surface area contributed by atoms with Gasteiger partial charge < -0.3 is 10.5 Å². The molecule has 3 N–H and O–H groups in total. The molecule has 1 aromatic rings. The molecule has 8 nitrogen and oxygen atoms in total. The SMILES string of the molecule is CC(Oc1ccc([N+](=O)[O-])cc1Cl)C(=O)NC(N)=O. The molecule has 0 aliphatic rings. The number of carbonyl (C=O) groups is 2. The Kier molecular flexibility index (Phi) is 4.65. The highest BCUT2D eigenvalue weighted by Gasteiger charge is 2.18. The van der Waals surface area contributed by atoms with E-state index in [1.165, 1.54) is 19.1 Å². The molecule has 0 saturated heterocycles. The zero-order chi connectivity index (χ0) is 14.6. The maximum atomic E-state index is 11.4. The Labute approximate surface area is 112 Å². The lowest BCUT2D eigenvalue weighted by molar-refractivity contribution is -0.384. The molecule has 0 aromatic heterocycles. The van der Waals surface area contributed by atoms with E-state index in [0.717, 1.165) is 6.07 Å². The summed E-state index contributed by atoms with van der Waals surface area (Å²) in [6.07, 6.45) is -1.04. The molecule has 0 heterocycles. The predicted molar refractivity (Wildman–Crippen MR) is 65.9 cm³/mol. The first kappa shape index (κ1) is 14.7. The van der Waals surface area contributed by atoms with Crippen LogP contribution in [0.25, 0.3) is 0 Å². The smallest absolute Gasteiger partial charge is 0.318 e. The van der Waals surface area contributed by atoms with Gasteiger partial charge in [-0.25, -0.2) is 4.79 Å².